The Hall–Kier alpha value is -5.01. The summed E-state index contributed by atoms with van der Waals surface area (Å²) in [4.78, 5) is 45.0. The van der Waals surface area contributed by atoms with Gasteiger partial charge in [-0.3, -0.25) is 14.4 Å². The van der Waals surface area contributed by atoms with Gasteiger partial charge in [0, 0.05) is 45.1 Å². The molecule has 4 aromatic carbocycles. The second-order valence-corrected chi connectivity index (χ2v) is 13.6. The molecule has 7 nitrogen and oxygen atoms in total. The molecule has 0 bridgehead atoms. The first-order valence-corrected chi connectivity index (χ1v) is 16.9. The van der Waals surface area contributed by atoms with Crippen LogP contribution in [0.2, 0.25) is 0 Å². The van der Waals surface area contributed by atoms with Gasteiger partial charge in [-0.05, 0) is 61.4 Å². The summed E-state index contributed by atoms with van der Waals surface area (Å²) in [6.07, 6.45) is 3.39. The SMILES string of the molecule is C/C(=C\C(=O)N(C)C(Cc1ccc(-c2ccccc2)cc1)C(=O)N(C)C(Cc1ccccc1)C(=O)NCCc1ccccc1)CC(C)(C)N. The topological polar surface area (TPSA) is 95.7 Å². The summed E-state index contributed by atoms with van der Waals surface area (Å²) in [6, 6.07) is 36.1. The minimum atomic E-state index is -0.856. The Kier molecular flexibility index (Phi) is 13.1. The fraction of sp³-hybridized carbons (Fsp3) is 0.310. The van der Waals surface area contributed by atoms with E-state index in [9.17, 15) is 14.4 Å². The van der Waals surface area contributed by atoms with E-state index in [4.69, 9.17) is 5.73 Å². The number of rotatable bonds is 15. The van der Waals surface area contributed by atoms with Gasteiger partial charge in [0.15, 0.2) is 0 Å². The molecule has 0 aromatic heterocycles. The van der Waals surface area contributed by atoms with Crippen LogP contribution in [-0.2, 0) is 33.6 Å². The predicted octanol–water partition coefficient (Wildman–Crippen LogP) is 6.23. The first-order chi connectivity index (χ1) is 23.4. The van der Waals surface area contributed by atoms with Crippen LogP contribution < -0.4 is 11.1 Å². The lowest BCUT2D eigenvalue weighted by Gasteiger charge is -2.34. The summed E-state index contributed by atoms with van der Waals surface area (Å²) in [6.45, 7) is 6.14. The monoisotopic (exact) mass is 658 g/mol. The summed E-state index contributed by atoms with van der Waals surface area (Å²) in [5, 5.41) is 3.06. The lowest BCUT2D eigenvalue weighted by Crippen LogP contribution is -2.56. The van der Waals surface area contributed by atoms with E-state index in [1.54, 1.807) is 20.2 Å². The zero-order valence-corrected chi connectivity index (χ0v) is 29.4. The average molecular weight is 659 g/mol. The molecule has 7 heteroatoms. The van der Waals surface area contributed by atoms with Gasteiger partial charge in [-0.2, -0.15) is 0 Å². The van der Waals surface area contributed by atoms with Gasteiger partial charge in [0.05, 0.1) is 0 Å². The van der Waals surface area contributed by atoms with E-state index in [1.165, 1.54) is 9.80 Å². The highest BCUT2D eigenvalue weighted by atomic mass is 16.2. The van der Waals surface area contributed by atoms with Crippen molar-refractivity contribution in [1.82, 2.24) is 15.1 Å². The van der Waals surface area contributed by atoms with Crippen molar-refractivity contribution in [2.45, 2.75) is 64.1 Å². The van der Waals surface area contributed by atoms with Crippen molar-refractivity contribution in [2.75, 3.05) is 20.6 Å². The number of benzene rings is 4. The Balaban J connectivity index is 1.61. The van der Waals surface area contributed by atoms with Crippen LogP contribution in [0.15, 0.2) is 127 Å². The molecule has 0 spiro atoms. The second kappa shape index (κ2) is 17.4. The van der Waals surface area contributed by atoms with Crippen LogP contribution in [0.25, 0.3) is 11.1 Å². The first-order valence-electron chi connectivity index (χ1n) is 16.9. The van der Waals surface area contributed by atoms with E-state index >= 15 is 0 Å². The second-order valence-electron chi connectivity index (χ2n) is 13.6. The molecular weight excluding hydrogens is 608 g/mol. The van der Waals surface area contributed by atoms with Gasteiger partial charge in [0.25, 0.3) is 0 Å². The van der Waals surface area contributed by atoms with Crippen LogP contribution in [0, 0.1) is 0 Å². The van der Waals surface area contributed by atoms with Crippen LogP contribution in [0.1, 0.15) is 43.9 Å². The third-order valence-electron chi connectivity index (χ3n) is 8.64. The normalized spacial score (nSPS) is 12.9. The lowest BCUT2D eigenvalue weighted by atomic mass is 9.96. The largest absolute Gasteiger partial charge is 0.354 e. The van der Waals surface area contributed by atoms with Crippen molar-refractivity contribution in [3.8, 4) is 11.1 Å². The van der Waals surface area contributed by atoms with Crippen molar-refractivity contribution in [3.05, 3.63) is 144 Å². The van der Waals surface area contributed by atoms with Crippen molar-refractivity contribution >= 4 is 17.7 Å². The predicted molar refractivity (Wildman–Crippen MR) is 199 cm³/mol. The fourth-order valence-corrected chi connectivity index (χ4v) is 6.04. The summed E-state index contributed by atoms with van der Waals surface area (Å²) in [7, 11) is 3.31. The maximum atomic E-state index is 14.5. The number of amides is 3. The molecule has 0 saturated carbocycles. The highest BCUT2D eigenvalue weighted by Gasteiger charge is 2.35. The van der Waals surface area contributed by atoms with E-state index in [0.717, 1.165) is 33.4 Å². The molecule has 3 N–H and O–H groups in total. The minimum Gasteiger partial charge on any atom is -0.354 e. The van der Waals surface area contributed by atoms with Gasteiger partial charge in [-0.1, -0.05) is 121 Å². The number of likely N-dealkylation sites (N-methyl/N-ethyl adjacent to an activating group) is 2. The third-order valence-corrected chi connectivity index (χ3v) is 8.64. The number of hydrogen-bond acceptors (Lipinski definition) is 4. The number of carbonyl (C=O) groups is 3. The van der Waals surface area contributed by atoms with Gasteiger partial charge in [0.2, 0.25) is 17.7 Å². The van der Waals surface area contributed by atoms with E-state index < -0.39 is 17.6 Å². The average Bonchev–Trinajstić information content (AvgIpc) is 3.09. The van der Waals surface area contributed by atoms with Crippen molar-refractivity contribution in [1.29, 1.82) is 0 Å². The number of carbonyl (C=O) groups excluding carboxylic acids is 3. The molecule has 0 saturated heterocycles. The molecule has 0 fully saturated rings. The van der Waals surface area contributed by atoms with E-state index in [2.05, 4.69) is 17.4 Å². The van der Waals surface area contributed by atoms with E-state index in [1.807, 2.05) is 124 Å². The van der Waals surface area contributed by atoms with Crippen LogP contribution in [0.5, 0.6) is 0 Å². The van der Waals surface area contributed by atoms with Gasteiger partial charge in [-0.15, -0.1) is 0 Å². The molecule has 2 atom stereocenters. The number of hydrogen-bond donors (Lipinski definition) is 2. The van der Waals surface area contributed by atoms with Crippen LogP contribution in [0.3, 0.4) is 0 Å². The van der Waals surface area contributed by atoms with Crippen molar-refractivity contribution < 1.29 is 14.4 Å². The molecular formula is C42H50N4O3. The highest BCUT2D eigenvalue weighted by molar-refractivity contribution is 5.95. The summed E-state index contributed by atoms with van der Waals surface area (Å²) in [5.74, 6) is -0.842. The zero-order valence-electron chi connectivity index (χ0n) is 29.4. The smallest absolute Gasteiger partial charge is 0.246 e. The Bertz CT molecular complexity index is 1680. The Morgan fingerprint density at radius 1 is 0.694 bits per heavy atom. The third kappa shape index (κ3) is 11.3. The van der Waals surface area contributed by atoms with Gasteiger partial charge in [0.1, 0.15) is 12.1 Å². The Morgan fingerprint density at radius 2 is 1.18 bits per heavy atom. The number of nitrogens with two attached hydrogens (primary N) is 1. The highest BCUT2D eigenvalue weighted by Crippen LogP contribution is 2.22. The Morgan fingerprint density at radius 3 is 1.76 bits per heavy atom. The molecule has 4 rings (SSSR count). The summed E-state index contributed by atoms with van der Waals surface area (Å²) < 4.78 is 0. The van der Waals surface area contributed by atoms with Gasteiger partial charge < -0.3 is 20.9 Å². The van der Waals surface area contributed by atoms with Crippen LogP contribution in [-0.4, -0.2) is 65.8 Å². The molecule has 256 valence electrons. The van der Waals surface area contributed by atoms with E-state index in [-0.39, 0.29) is 24.1 Å². The van der Waals surface area contributed by atoms with Crippen molar-refractivity contribution in [3.63, 3.8) is 0 Å². The first kappa shape index (κ1) is 36.8. The molecule has 2 unspecified atom stereocenters. The minimum absolute atomic E-state index is 0.239. The van der Waals surface area contributed by atoms with E-state index in [0.29, 0.717) is 25.8 Å². The maximum Gasteiger partial charge on any atom is 0.246 e. The standard InChI is InChI=1S/C42H50N4O3/c1-31(30-42(2,3)43)27-39(47)45(4)38(29-34-21-23-36(24-22-34)35-19-13-8-14-20-35)41(49)46(5)37(28-33-17-11-7-12-18-33)40(48)44-26-25-32-15-9-6-10-16-32/h6-24,27,37-38H,25-26,28-30,43H2,1-5H3,(H,44,48)/b31-27+. The summed E-state index contributed by atoms with van der Waals surface area (Å²) in [5.41, 5.74) is 11.7. The molecule has 0 heterocycles. The Labute approximate surface area is 291 Å². The molecule has 0 aliphatic carbocycles. The number of nitrogens with one attached hydrogen (secondary N) is 1. The maximum absolute atomic E-state index is 14.5. The lowest BCUT2D eigenvalue weighted by molar-refractivity contribution is -0.146. The molecule has 0 radical (unpaired) electrons. The molecule has 0 aliphatic heterocycles. The molecule has 3 amide bonds. The van der Waals surface area contributed by atoms with Crippen LogP contribution in [0.4, 0.5) is 0 Å². The molecule has 4 aromatic rings. The van der Waals surface area contributed by atoms with Crippen LogP contribution >= 0.6 is 0 Å². The zero-order chi connectivity index (χ0) is 35.4. The van der Waals surface area contributed by atoms with Crippen molar-refractivity contribution in [2.24, 2.45) is 5.73 Å². The quantitative estimate of drug-likeness (QED) is 0.148. The molecule has 49 heavy (non-hydrogen) atoms. The summed E-state index contributed by atoms with van der Waals surface area (Å²) >= 11 is 0. The van der Waals surface area contributed by atoms with Gasteiger partial charge >= 0.3 is 0 Å². The van der Waals surface area contributed by atoms with Gasteiger partial charge in [-0.25, -0.2) is 0 Å². The molecule has 0 aliphatic rings. The fourth-order valence-electron chi connectivity index (χ4n) is 6.04. The number of nitrogens with zero attached hydrogens (tertiary/aromatic N) is 2.